The summed E-state index contributed by atoms with van der Waals surface area (Å²) >= 11 is 0. The van der Waals surface area contributed by atoms with E-state index in [2.05, 4.69) is 25.7 Å². The normalized spacial score (nSPS) is 21.8. The number of hydrazine groups is 1. The Morgan fingerprint density at radius 2 is 2.12 bits per heavy atom. The summed E-state index contributed by atoms with van der Waals surface area (Å²) in [6.45, 7) is 5.08. The molecule has 0 spiro atoms. The Labute approximate surface area is 153 Å². The molecule has 8 heteroatoms. The average Bonchev–Trinajstić information content (AvgIpc) is 3.10. The zero-order valence-corrected chi connectivity index (χ0v) is 14.8. The first kappa shape index (κ1) is 18.4. The lowest BCUT2D eigenvalue weighted by Gasteiger charge is -2.25. The summed E-state index contributed by atoms with van der Waals surface area (Å²) in [5.41, 5.74) is 13.2. The third kappa shape index (κ3) is 5.83. The standard InChI is InChI=1S/C18H26N6O2/c19-16(20-7-8-24-9-11-26-12-10-24)5-6-17-21-18(23-22-17)13-14-1-3-15(25)4-2-14/h1-6,18,23,25H,7-13H2,(H2,19,20)(H,21,22)/b6-5-. The molecule has 0 radical (unpaired) electrons. The van der Waals surface area contributed by atoms with Crippen LogP contribution in [0.4, 0.5) is 0 Å². The number of aromatic hydroxyl groups is 1. The van der Waals surface area contributed by atoms with E-state index in [0.29, 0.717) is 12.4 Å². The van der Waals surface area contributed by atoms with Gasteiger partial charge in [-0.15, -0.1) is 0 Å². The summed E-state index contributed by atoms with van der Waals surface area (Å²) in [6, 6.07) is 7.13. The molecule has 0 aliphatic carbocycles. The second-order valence-corrected chi connectivity index (χ2v) is 6.26. The van der Waals surface area contributed by atoms with Crippen molar-refractivity contribution in [3.8, 4) is 5.75 Å². The molecule has 0 amide bonds. The maximum Gasteiger partial charge on any atom is 0.137 e. The van der Waals surface area contributed by atoms with Crippen LogP contribution in [0.2, 0.25) is 0 Å². The smallest absolute Gasteiger partial charge is 0.137 e. The summed E-state index contributed by atoms with van der Waals surface area (Å²) in [7, 11) is 0. The van der Waals surface area contributed by atoms with Gasteiger partial charge in [-0.3, -0.25) is 9.89 Å². The quantitative estimate of drug-likeness (QED) is 0.404. The molecule has 8 nitrogen and oxygen atoms in total. The first-order valence-electron chi connectivity index (χ1n) is 8.84. The van der Waals surface area contributed by atoms with Crippen molar-refractivity contribution < 1.29 is 9.84 Å². The number of hydrogen-bond donors (Lipinski definition) is 4. The largest absolute Gasteiger partial charge is 0.508 e. The molecule has 1 saturated heterocycles. The van der Waals surface area contributed by atoms with Crippen LogP contribution in [0.15, 0.2) is 46.4 Å². The van der Waals surface area contributed by atoms with Crippen molar-refractivity contribution >= 4 is 11.7 Å². The van der Waals surface area contributed by atoms with E-state index in [1.165, 1.54) is 0 Å². The van der Waals surface area contributed by atoms with Crippen molar-refractivity contribution in [1.29, 1.82) is 0 Å². The monoisotopic (exact) mass is 358 g/mol. The Hall–Kier alpha value is -2.42. The molecule has 2 aliphatic heterocycles. The maximum atomic E-state index is 9.32. The number of ether oxygens (including phenoxy) is 1. The predicted molar refractivity (Wildman–Crippen MR) is 102 cm³/mol. The van der Waals surface area contributed by atoms with Crippen molar-refractivity contribution in [3.63, 3.8) is 0 Å². The van der Waals surface area contributed by atoms with Gasteiger partial charge in [0.05, 0.1) is 19.8 Å². The molecule has 1 fully saturated rings. The van der Waals surface area contributed by atoms with E-state index in [-0.39, 0.29) is 11.9 Å². The summed E-state index contributed by atoms with van der Waals surface area (Å²) < 4.78 is 5.32. The van der Waals surface area contributed by atoms with Gasteiger partial charge in [-0.1, -0.05) is 12.1 Å². The Kier molecular flexibility index (Phi) is 6.59. The molecule has 1 aromatic carbocycles. The van der Waals surface area contributed by atoms with E-state index in [0.717, 1.165) is 50.7 Å². The van der Waals surface area contributed by atoms with Crippen LogP contribution in [0, 0.1) is 0 Å². The molecule has 2 heterocycles. The Balaban J connectivity index is 1.43. The van der Waals surface area contributed by atoms with E-state index in [1.807, 2.05) is 18.2 Å². The van der Waals surface area contributed by atoms with Crippen LogP contribution >= 0.6 is 0 Å². The fraction of sp³-hybridized carbons (Fsp3) is 0.444. The first-order chi connectivity index (χ1) is 12.7. The number of phenolic OH excluding ortho intramolecular Hbond substituents is 1. The molecule has 1 aromatic rings. The highest BCUT2D eigenvalue weighted by Crippen LogP contribution is 2.12. The number of aliphatic imine (C=N–C) groups is 2. The highest BCUT2D eigenvalue weighted by atomic mass is 16.5. The topological polar surface area (TPSA) is 108 Å². The molecule has 140 valence electrons. The molecule has 1 atom stereocenters. The molecule has 5 N–H and O–H groups in total. The Bertz CT molecular complexity index is 665. The third-order valence-electron chi connectivity index (χ3n) is 4.25. The number of phenols is 1. The van der Waals surface area contributed by atoms with Gasteiger partial charge < -0.3 is 21.0 Å². The lowest BCUT2D eigenvalue weighted by molar-refractivity contribution is 0.0394. The van der Waals surface area contributed by atoms with Crippen LogP contribution in [-0.4, -0.2) is 67.2 Å². The number of nitrogens with one attached hydrogen (secondary N) is 2. The average molecular weight is 358 g/mol. The van der Waals surface area contributed by atoms with Gasteiger partial charge in [0.25, 0.3) is 0 Å². The van der Waals surface area contributed by atoms with Gasteiger partial charge in [0.15, 0.2) is 0 Å². The number of nitrogens with two attached hydrogens (primary N) is 1. The lowest BCUT2D eigenvalue weighted by atomic mass is 10.1. The number of hydrogen-bond acceptors (Lipinski definition) is 7. The minimum Gasteiger partial charge on any atom is -0.508 e. The maximum absolute atomic E-state index is 9.32. The molecular weight excluding hydrogens is 332 g/mol. The molecular formula is C18H26N6O2. The van der Waals surface area contributed by atoms with Crippen LogP contribution in [0.25, 0.3) is 0 Å². The molecule has 3 rings (SSSR count). The second-order valence-electron chi connectivity index (χ2n) is 6.26. The molecule has 26 heavy (non-hydrogen) atoms. The van der Waals surface area contributed by atoms with E-state index in [4.69, 9.17) is 10.5 Å². The number of amidine groups is 2. The van der Waals surface area contributed by atoms with Crippen LogP contribution in [0.1, 0.15) is 5.56 Å². The zero-order chi connectivity index (χ0) is 18.2. The van der Waals surface area contributed by atoms with E-state index in [9.17, 15) is 5.11 Å². The fourth-order valence-corrected chi connectivity index (χ4v) is 2.79. The van der Waals surface area contributed by atoms with E-state index < -0.39 is 0 Å². The molecule has 2 aliphatic rings. The highest BCUT2D eigenvalue weighted by molar-refractivity contribution is 6.01. The van der Waals surface area contributed by atoms with Crippen molar-refractivity contribution in [2.75, 3.05) is 39.4 Å². The van der Waals surface area contributed by atoms with Crippen LogP contribution in [0.3, 0.4) is 0 Å². The Morgan fingerprint density at radius 3 is 2.88 bits per heavy atom. The highest BCUT2D eigenvalue weighted by Gasteiger charge is 2.14. The van der Waals surface area contributed by atoms with Crippen LogP contribution < -0.4 is 16.6 Å². The number of morpholine rings is 1. The Morgan fingerprint density at radius 1 is 1.35 bits per heavy atom. The van der Waals surface area contributed by atoms with Gasteiger partial charge in [-0.2, -0.15) is 0 Å². The van der Waals surface area contributed by atoms with Gasteiger partial charge >= 0.3 is 0 Å². The molecule has 0 aromatic heterocycles. The minimum absolute atomic E-state index is 0.0568. The summed E-state index contributed by atoms with van der Waals surface area (Å²) in [4.78, 5) is 11.2. The van der Waals surface area contributed by atoms with E-state index >= 15 is 0 Å². The fourth-order valence-electron chi connectivity index (χ4n) is 2.79. The van der Waals surface area contributed by atoms with Gasteiger partial charge in [-0.25, -0.2) is 10.4 Å². The van der Waals surface area contributed by atoms with Crippen molar-refractivity contribution in [3.05, 3.63) is 42.0 Å². The van der Waals surface area contributed by atoms with Crippen molar-refractivity contribution in [2.24, 2.45) is 15.7 Å². The van der Waals surface area contributed by atoms with Gasteiger partial charge in [-0.05, 0) is 29.8 Å². The summed E-state index contributed by atoms with van der Waals surface area (Å²) in [5, 5.41) is 9.32. The first-order valence-corrected chi connectivity index (χ1v) is 8.84. The second kappa shape index (κ2) is 9.33. The van der Waals surface area contributed by atoms with Crippen LogP contribution in [0.5, 0.6) is 5.75 Å². The zero-order valence-electron chi connectivity index (χ0n) is 14.8. The third-order valence-corrected chi connectivity index (χ3v) is 4.25. The SMILES string of the molecule is NC(/C=C\C1=NC(Cc2ccc(O)cc2)NN1)=NCCN1CCOCC1. The molecule has 0 bridgehead atoms. The minimum atomic E-state index is -0.0568. The lowest BCUT2D eigenvalue weighted by Crippen LogP contribution is -2.37. The summed E-state index contributed by atoms with van der Waals surface area (Å²) in [5.74, 6) is 1.48. The number of nitrogens with zero attached hydrogens (tertiary/aromatic N) is 3. The number of rotatable bonds is 7. The molecule has 0 saturated carbocycles. The molecule has 1 unspecified atom stereocenters. The summed E-state index contributed by atoms with van der Waals surface area (Å²) in [6.07, 6.45) is 4.25. The van der Waals surface area contributed by atoms with Crippen molar-refractivity contribution in [1.82, 2.24) is 15.8 Å². The number of benzene rings is 1. The van der Waals surface area contributed by atoms with E-state index in [1.54, 1.807) is 18.2 Å². The van der Waals surface area contributed by atoms with Gasteiger partial charge in [0, 0.05) is 26.1 Å². The van der Waals surface area contributed by atoms with Crippen molar-refractivity contribution in [2.45, 2.75) is 12.6 Å². The van der Waals surface area contributed by atoms with Gasteiger partial charge in [0.1, 0.15) is 23.6 Å². The van der Waals surface area contributed by atoms with Crippen LogP contribution in [-0.2, 0) is 11.2 Å². The predicted octanol–water partition coefficient (Wildman–Crippen LogP) is 0.0127. The van der Waals surface area contributed by atoms with Gasteiger partial charge in [0.2, 0.25) is 0 Å².